The van der Waals surface area contributed by atoms with Gasteiger partial charge in [0.2, 0.25) is 0 Å². The van der Waals surface area contributed by atoms with Crippen LogP contribution in [0.3, 0.4) is 0 Å². The van der Waals surface area contributed by atoms with Crippen molar-refractivity contribution < 1.29 is 0 Å². The number of hydrogen-bond donors (Lipinski definition) is 2. The number of nitrogens with one attached hydrogen (secondary N) is 1. The van der Waals surface area contributed by atoms with Crippen LogP contribution in [-0.4, -0.2) is 15.5 Å². The van der Waals surface area contributed by atoms with Crippen molar-refractivity contribution in [2.45, 2.75) is 20.0 Å². The fourth-order valence-electron chi connectivity index (χ4n) is 2.34. The van der Waals surface area contributed by atoms with E-state index in [0.29, 0.717) is 12.5 Å². The van der Waals surface area contributed by atoms with E-state index in [4.69, 9.17) is 5.73 Å². The van der Waals surface area contributed by atoms with Gasteiger partial charge in [-0.1, -0.05) is 42.0 Å². The van der Waals surface area contributed by atoms with Crippen molar-refractivity contribution in [3.63, 3.8) is 0 Å². The zero-order chi connectivity index (χ0) is 16.8. The zero-order valence-corrected chi connectivity index (χ0v) is 16.4. The van der Waals surface area contributed by atoms with Crippen LogP contribution in [0.4, 0.5) is 5.69 Å². The molecule has 130 valence electrons. The maximum atomic E-state index is 5.94. The molecule has 0 saturated heterocycles. The lowest BCUT2D eigenvalue weighted by atomic mass is 10.1. The molecular formula is C19H22IN5. The average molecular weight is 447 g/mol. The third kappa shape index (κ3) is 5.90. The number of guanidine groups is 1. The highest BCUT2D eigenvalue weighted by Gasteiger charge is 1.98. The summed E-state index contributed by atoms with van der Waals surface area (Å²) in [5.41, 5.74) is 10.4. The van der Waals surface area contributed by atoms with E-state index in [1.807, 2.05) is 41.4 Å². The second kappa shape index (κ2) is 9.22. The molecule has 2 aromatic carbocycles. The molecular weight excluding hydrogens is 425 g/mol. The monoisotopic (exact) mass is 447 g/mol. The molecule has 0 unspecified atom stereocenters. The summed E-state index contributed by atoms with van der Waals surface area (Å²) in [6.45, 7) is 3.43. The van der Waals surface area contributed by atoms with E-state index >= 15 is 0 Å². The Morgan fingerprint density at radius 3 is 2.40 bits per heavy atom. The number of aryl methyl sites for hydroxylation is 1. The number of anilines is 1. The Morgan fingerprint density at radius 1 is 1.08 bits per heavy atom. The van der Waals surface area contributed by atoms with Gasteiger partial charge in [0.15, 0.2) is 5.96 Å². The summed E-state index contributed by atoms with van der Waals surface area (Å²) in [5, 5.41) is 3.10. The highest BCUT2D eigenvalue weighted by molar-refractivity contribution is 14.0. The first kappa shape index (κ1) is 19.0. The minimum atomic E-state index is 0. The molecule has 1 heterocycles. The molecule has 0 fully saturated rings. The number of nitrogens with two attached hydrogens (primary N) is 1. The summed E-state index contributed by atoms with van der Waals surface area (Å²) in [4.78, 5) is 8.43. The fourth-order valence-corrected chi connectivity index (χ4v) is 2.34. The molecule has 1 aromatic heterocycles. The summed E-state index contributed by atoms with van der Waals surface area (Å²) in [6.07, 6.45) is 5.55. The van der Waals surface area contributed by atoms with Crippen LogP contribution >= 0.6 is 24.0 Å². The summed E-state index contributed by atoms with van der Waals surface area (Å²) < 4.78 is 2.04. The van der Waals surface area contributed by atoms with E-state index in [1.165, 1.54) is 11.1 Å². The Hall–Kier alpha value is -2.35. The Kier molecular flexibility index (Phi) is 7.00. The lowest BCUT2D eigenvalue weighted by molar-refractivity contribution is 0.796. The molecule has 5 nitrogen and oxygen atoms in total. The van der Waals surface area contributed by atoms with Crippen LogP contribution in [0.15, 0.2) is 72.2 Å². The molecule has 0 saturated carbocycles. The number of benzene rings is 2. The van der Waals surface area contributed by atoms with Crippen molar-refractivity contribution in [1.29, 1.82) is 0 Å². The maximum absolute atomic E-state index is 5.94. The van der Waals surface area contributed by atoms with Crippen LogP contribution in [0.2, 0.25) is 0 Å². The van der Waals surface area contributed by atoms with Gasteiger partial charge in [0.25, 0.3) is 0 Å². The van der Waals surface area contributed by atoms with Crippen LogP contribution in [0.1, 0.15) is 16.7 Å². The summed E-state index contributed by atoms with van der Waals surface area (Å²) >= 11 is 0. The van der Waals surface area contributed by atoms with Gasteiger partial charge in [-0.25, -0.2) is 9.98 Å². The van der Waals surface area contributed by atoms with E-state index in [-0.39, 0.29) is 24.0 Å². The predicted molar refractivity (Wildman–Crippen MR) is 113 cm³/mol. The molecule has 0 radical (unpaired) electrons. The molecule has 0 spiro atoms. The van der Waals surface area contributed by atoms with Crippen LogP contribution < -0.4 is 11.1 Å². The van der Waals surface area contributed by atoms with E-state index in [9.17, 15) is 0 Å². The van der Waals surface area contributed by atoms with Crippen molar-refractivity contribution >= 4 is 35.6 Å². The Labute approximate surface area is 165 Å². The second-order valence-electron chi connectivity index (χ2n) is 5.74. The molecule has 0 bridgehead atoms. The number of halogens is 1. The van der Waals surface area contributed by atoms with Gasteiger partial charge < -0.3 is 15.6 Å². The maximum Gasteiger partial charge on any atom is 0.193 e. The first-order valence-electron chi connectivity index (χ1n) is 7.86. The summed E-state index contributed by atoms with van der Waals surface area (Å²) in [7, 11) is 0. The molecule has 6 heteroatoms. The van der Waals surface area contributed by atoms with E-state index < -0.39 is 0 Å². The van der Waals surface area contributed by atoms with Gasteiger partial charge in [0.1, 0.15) is 0 Å². The minimum Gasteiger partial charge on any atom is -0.370 e. The zero-order valence-electron chi connectivity index (χ0n) is 14.1. The fraction of sp³-hybridized carbons (Fsp3) is 0.158. The molecule has 0 aliphatic carbocycles. The first-order valence-corrected chi connectivity index (χ1v) is 7.86. The standard InChI is InChI=1S/C19H21N5.HI/c1-15-2-8-18(9-3-15)23-19(20)22-12-16-4-6-17(7-5-16)13-24-11-10-21-14-24;/h2-11,14H,12-13H2,1H3,(H3,20,22,23);1H. The summed E-state index contributed by atoms with van der Waals surface area (Å²) in [6, 6.07) is 16.4. The lowest BCUT2D eigenvalue weighted by Gasteiger charge is -2.07. The third-order valence-electron chi connectivity index (χ3n) is 3.70. The van der Waals surface area contributed by atoms with E-state index in [0.717, 1.165) is 17.8 Å². The van der Waals surface area contributed by atoms with Gasteiger partial charge >= 0.3 is 0 Å². The van der Waals surface area contributed by atoms with Crippen molar-refractivity contribution in [2.24, 2.45) is 10.7 Å². The quantitative estimate of drug-likeness (QED) is 0.356. The van der Waals surface area contributed by atoms with Crippen LogP contribution in [0.5, 0.6) is 0 Å². The topological polar surface area (TPSA) is 68.2 Å². The Bertz CT molecular complexity index is 793. The van der Waals surface area contributed by atoms with Gasteiger partial charge in [-0.05, 0) is 30.2 Å². The average Bonchev–Trinajstić information content (AvgIpc) is 3.09. The highest BCUT2D eigenvalue weighted by Crippen LogP contribution is 2.09. The van der Waals surface area contributed by atoms with Crippen molar-refractivity contribution in [2.75, 3.05) is 5.32 Å². The van der Waals surface area contributed by atoms with Crippen LogP contribution in [0.25, 0.3) is 0 Å². The first-order chi connectivity index (χ1) is 11.7. The lowest BCUT2D eigenvalue weighted by Crippen LogP contribution is -2.22. The molecule has 0 amide bonds. The molecule has 0 aliphatic heterocycles. The largest absolute Gasteiger partial charge is 0.370 e. The summed E-state index contributed by atoms with van der Waals surface area (Å²) in [5.74, 6) is 0.418. The Morgan fingerprint density at radius 2 is 1.76 bits per heavy atom. The van der Waals surface area contributed by atoms with Crippen molar-refractivity contribution in [3.05, 3.63) is 83.9 Å². The molecule has 0 atom stereocenters. The van der Waals surface area contributed by atoms with Crippen LogP contribution in [-0.2, 0) is 13.1 Å². The number of aromatic nitrogens is 2. The van der Waals surface area contributed by atoms with Gasteiger partial charge in [-0.3, -0.25) is 0 Å². The van der Waals surface area contributed by atoms with Crippen molar-refractivity contribution in [1.82, 2.24) is 9.55 Å². The normalized spacial score (nSPS) is 11.0. The number of imidazole rings is 1. The van der Waals surface area contributed by atoms with Crippen molar-refractivity contribution in [3.8, 4) is 0 Å². The highest BCUT2D eigenvalue weighted by atomic mass is 127. The molecule has 0 aliphatic rings. The van der Waals surface area contributed by atoms with Gasteiger partial charge in [0.05, 0.1) is 12.9 Å². The van der Waals surface area contributed by atoms with E-state index in [1.54, 1.807) is 6.20 Å². The third-order valence-corrected chi connectivity index (χ3v) is 3.70. The number of hydrogen-bond acceptors (Lipinski definition) is 2. The minimum absolute atomic E-state index is 0. The van der Waals surface area contributed by atoms with Gasteiger partial charge in [-0.15, -0.1) is 24.0 Å². The smallest absolute Gasteiger partial charge is 0.193 e. The molecule has 3 rings (SSSR count). The van der Waals surface area contributed by atoms with E-state index in [2.05, 4.69) is 46.5 Å². The molecule has 3 N–H and O–H groups in total. The number of aliphatic imine (C=N–C) groups is 1. The Balaban J connectivity index is 0.00000225. The van der Waals surface area contributed by atoms with Gasteiger partial charge in [0, 0.05) is 24.6 Å². The second-order valence-corrected chi connectivity index (χ2v) is 5.74. The SMILES string of the molecule is Cc1ccc(NC(N)=NCc2ccc(Cn3ccnc3)cc2)cc1.I. The molecule has 25 heavy (non-hydrogen) atoms. The van der Waals surface area contributed by atoms with Gasteiger partial charge in [-0.2, -0.15) is 0 Å². The predicted octanol–water partition coefficient (Wildman–Crippen LogP) is 3.78. The molecule has 3 aromatic rings. The number of rotatable bonds is 5. The number of nitrogens with zero attached hydrogens (tertiary/aromatic N) is 3. The van der Waals surface area contributed by atoms with Crippen LogP contribution in [0, 0.1) is 6.92 Å².